The number of allylic oxidation sites excluding steroid dienone is 1. The maximum Gasteiger partial charge on any atom is 0.0400 e. The molecule has 3 nitrogen and oxygen atoms in total. The summed E-state index contributed by atoms with van der Waals surface area (Å²) in [6.45, 7) is 16.4. The van der Waals surface area contributed by atoms with Crippen LogP contribution >= 0.6 is 0 Å². The second-order valence-corrected chi connectivity index (χ2v) is 11.8. The molecule has 196 valence electrons. The van der Waals surface area contributed by atoms with Crippen molar-refractivity contribution in [2.24, 2.45) is 0 Å². The quantitative estimate of drug-likeness (QED) is 0.303. The highest BCUT2D eigenvalue weighted by Crippen LogP contribution is 2.27. The van der Waals surface area contributed by atoms with Crippen LogP contribution in [0.2, 0.25) is 0 Å². The summed E-state index contributed by atoms with van der Waals surface area (Å²) in [5.74, 6) is 0. The monoisotopic (exact) mass is 495 g/mol. The van der Waals surface area contributed by atoms with Crippen LogP contribution in [0.3, 0.4) is 0 Å². The van der Waals surface area contributed by atoms with E-state index in [1.807, 2.05) is 0 Å². The number of nitrogens with one attached hydrogen (secondary N) is 1. The molecule has 0 aliphatic carbocycles. The maximum atomic E-state index is 3.56. The number of piperidine rings is 1. The molecule has 0 amide bonds. The van der Waals surface area contributed by atoms with Crippen LogP contribution in [-0.4, -0.2) is 30.6 Å². The van der Waals surface area contributed by atoms with Crippen molar-refractivity contribution >= 4 is 11.4 Å². The molecule has 0 unspecified atom stereocenters. The van der Waals surface area contributed by atoms with E-state index < -0.39 is 0 Å². The molecule has 0 aromatic heterocycles. The third-order valence-electron chi connectivity index (χ3n) is 7.46. The lowest BCUT2D eigenvalue weighted by Crippen LogP contribution is -2.45. The van der Waals surface area contributed by atoms with Gasteiger partial charge in [0.15, 0.2) is 0 Å². The molecule has 0 atom stereocenters. The average molecular weight is 496 g/mol. The third kappa shape index (κ3) is 7.97. The second kappa shape index (κ2) is 12.5. The predicted molar refractivity (Wildman–Crippen MR) is 160 cm³/mol. The summed E-state index contributed by atoms with van der Waals surface area (Å²) < 4.78 is 0. The highest BCUT2D eigenvalue weighted by atomic mass is 15.2. The number of rotatable bonds is 9. The first kappa shape index (κ1) is 27.0. The lowest BCUT2D eigenvalue weighted by Gasteiger charge is -2.39. The van der Waals surface area contributed by atoms with Gasteiger partial charge in [0, 0.05) is 50.1 Å². The summed E-state index contributed by atoms with van der Waals surface area (Å²) in [6, 6.07) is 29.4. The molecule has 1 fully saturated rings. The predicted octanol–water partition coefficient (Wildman–Crippen LogP) is 8.03. The van der Waals surface area contributed by atoms with Crippen molar-refractivity contribution in [3.8, 4) is 0 Å². The van der Waals surface area contributed by atoms with Crippen LogP contribution < -0.4 is 10.2 Å². The van der Waals surface area contributed by atoms with E-state index in [4.69, 9.17) is 0 Å². The number of benzene rings is 3. The first-order chi connectivity index (χ1) is 17.8. The number of hydrogen-bond donors (Lipinski definition) is 1. The lowest BCUT2D eigenvalue weighted by atomic mass is 9.86. The van der Waals surface area contributed by atoms with Crippen molar-refractivity contribution in [2.75, 3.05) is 29.9 Å². The van der Waals surface area contributed by atoms with Gasteiger partial charge < -0.3 is 10.2 Å². The van der Waals surface area contributed by atoms with Crippen molar-refractivity contribution < 1.29 is 0 Å². The lowest BCUT2D eigenvalue weighted by molar-refractivity contribution is 0.202. The van der Waals surface area contributed by atoms with Crippen molar-refractivity contribution in [2.45, 2.75) is 72.0 Å². The molecule has 1 aliphatic rings. The van der Waals surface area contributed by atoms with Crippen molar-refractivity contribution in [3.05, 3.63) is 107 Å². The Morgan fingerprint density at radius 1 is 0.865 bits per heavy atom. The highest BCUT2D eigenvalue weighted by molar-refractivity contribution is 5.56. The van der Waals surface area contributed by atoms with E-state index in [-0.39, 0.29) is 5.41 Å². The Balaban J connectivity index is 1.36. The van der Waals surface area contributed by atoms with Crippen LogP contribution in [0.25, 0.3) is 0 Å². The van der Waals surface area contributed by atoms with Gasteiger partial charge in [-0.05, 0) is 73.1 Å². The summed E-state index contributed by atoms with van der Waals surface area (Å²) in [5.41, 5.74) is 8.21. The van der Waals surface area contributed by atoms with Crippen LogP contribution in [0.4, 0.5) is 11.4 Å². The van der Waals surface area contributed by atoms with E-state index in [9.17, 15) is 0 Å². The normalized spacial score (nSPS) is 14.8. The summed E-state index contributed by atoms with van der Waals surface area (Å²) in [5, 5.41) is 3.56. The Labute approximate surface area is 225 Å². The van der Waals surface area contributed by atoms with E-state index in [2.05, 4.69) is 135 Å². The van der Waals surface area contributed by atoms with Crippen LogP contribution in [-0.2, 0) is 18.5 Å². The van der Waals surface area contributed by atoms with Gasteiger partial charge in [0.1, 0.15) is 0 Å². The van der Waals surface area contributed by atoms with Gasteiger partial charge >= 0.3 is 0 Å². The standard InChI is InChI=1S/C34H45N3/c1-27(2)19-24-37(32-17-15-31(16-18-32)35-25-28-9-7-6-8-10-28)33-20-22-36(23-21-33)26-29-11-13-30(14-12-29)34(3,4)5/h6-19,33,35H,20-26H2,1-5H3. The number of nitrogens with zero attached hydrogens (tertiary/aromatic N) is 2. The van der Waals surface area contributed by atoms with Crippen LogP contribution in [0.15, 0.2) is 90.5 Å². The second-order valence-electron chi connectivity index (χ2n) is 11.8. The first-order valence-electron chi connectivity index (χ1n) is 13.9. The molecule has 3 heteroatoms. The molecule has 1 saturated heterocycles. The zero-order valence-electron chi connectivity index (χ0n) is 23.5. The van der Waals surface area contributed by atoms with Gasteiger partial charge in [0.25, 0.3) is 0 Å². The fourth-order valence-electron chi connectivity index (χ4n) is 5.07. The van der Waals surface area contributed by atoms with Crippen molar-refractivity contribution in [1.82, 2.24) is 4.90 Å². The van der Waals surface area contributed by atoms with Crippen molar-refractivity contribution in [1.29, 1.82) is 0 Å². The highest BCUT2D eigenvalue weighted by Gasteiger charge is 2.25. The Morgan fingerprint density at radius 3 is 2.11 bits per heavy atom. The summed E-state index contributed by atoms with van der Waals surface area (Å²) in [4.78, 5) is 5.24. The molecule has 3 aromatic rings. The molecule has 3 aromatic carbocycles. The molecule has 0 spiro atoms. The summed E-state index contributed by atoms with van der Waals surface area (Å²) in [7, 11) is 0. The minimum atomic E-state index is 0.210. The van der Waals surface area contributed by atoms with Gasteiger partial charge in [-0.15, -0.1) is 0 Å². The number of likely N-dealkylation sites (tertiary alicyclic amines) is 1. The SMILES string of the molecule is CC(C)=CCN(c1ccc(NCc2ccccc2)cc1)C1CCN(Cc2ccc(C(C)(C)C)cc2)CC1. The van der Waals surface area contributed by atoms with E-state index in [1.165, 1.54) is 46.5 Å². The molecular formula is C34H45N3. The van der Waals surface area contributed by atoms with Gasteiger partial charge in [-0.1, -0.05) is 87.0 Å². The largest absolute Gasteiger partial charge is 0.381 e. The smallest absolute Gasteiger partial charge is 0.0400 e. The molecule has 37 heavy (non-hydrogen) atoms. The Morgan fingerprint density at radius 2 is 1.51 bits per heavy atom. The molecule has 0 bridgehead atoms. The minimum absolute atomic E-state index is 0.210. The molecule has 1 N–H and O–H groups in total. The van der Waals surface area contributed by atoms with E-state index in [1.54, 1.807) is 0 Å². The molecule has 4 rings (SSSR count). The minimum Gasteiger partial charge on any atom is -0.381 e. The third-order valence-corrected chi connectivity index (χ3v) is 7.46. The van der Waals surface area contributed by atoms with Crippen LogP contribution in [0, 0.1) is 0 Å². The maximum absolute atomic E-state index is 3.56. The van der Waals surface area contributed by atoms with Gasteiger partial charge in [0.2, 0.25) is 0 Å². The number of anilines is 2. The van der Waals surface area contributed by atoms with Crippen LogP contribution in [0.5, 0.6) is 0 Å². The molecule has 1 aliphatic heterocycles. The molecule has 0 saturated carbocycles. The first-order valence-corrected chi connectivity index (χ1v) is 13.9. The van der Waals surface area contributed by atoms with E-state index >= 15 is 0 Å². The molecule has 0 radical (unpaired) electrons. The zero-order chi connectivity index (χ0) is 26.3. The number of hydrogen-bond acceptors (Lipinski definition) is 3. The Kier molecular flexibility index (Phi) is 9.10. The Hall–Kier alpha value is -3.04. The van der Waals surface area contributed by atoms with Gasteiger partial charge in [-0.3, -0.25) is 4.90 Å². The fraction of sp³-hybridized carbons (Fsp3) is 0.412. The van der Waals surface area contributed by atoms with Crippen LogP contribution in [0.1, 0.15) is 64.2 Å². The zero-order valence-corrected chi connectivity index (χ0v) is 23.5. The van der Waals surface area contributed by atoms with Gasteiger partial charge in [-0.25, -0.2) is 0 Å². The van der Waals surface area contributed by atoms with Crippen molar-refractivity contribution in [3.63, 3.8) is 0 Å². The van der Waals surface area contributed by atoms with E-state index in [0.29, 0.717) is 6.04 Å². The van der Waals surface area contributed by atoms with E-state index in [0.717, 1.165) is 32.7 Å². The molecular weight excluding hydrogens is 450 g/mol. The average Bonchev–Trinajstić information content (AvgIpc) is 2.89. The van der Waals surface area contributed by atoms with Gasteiger partial charge in [-0.2, -0.15) is 0 Å². The summed E-state index contributed by atoms with van der Waals surface area (Å²) >= 11 is 0. The summed E-state index contributed by atoms with van der Waals surface area (Å²) in [6.07, 6.45) is 4.76. The fourth-order valence-corrected chi connectivity index (χ4v) is 5.07. The van der Waals surface area contributed by atoms with Gasteiger partial charge in [0.05, 0.1) is 0 Å². The Bertz CT molecular complexity index is 1110. The molecule has 1 heterocycles. The topological polar surface area (TPSA) is 18.5 Å².